The number of nitrogens with zero attached hydrogens (tertiary/aromatic N) is 3. The molecule has 0 N–H and O–H groups in total. The predicted molar refractivity (Wildman–Crippen MR) is 79.0 cm³/mol. The molecule has 19 heavy (non-hydrogen) atoms. The summed E-state index contributed by atoms with van der Waals surface area (Å²) in [5.74, 6) is 1.49. The number of fused-ring (bicyclic) bond motifs is 1. The lowest BCUT2D eigenvalue weighted by molar-refractivity contribution is 0.987. The fourth-order valence-electron chi connectivity index (χ4n) is 2.25. The molecule has 0 aliphatic carbocycles. The number of hydrogen-bond donors (Lipinski definition) is 0. The van der Waals surface area contributed by atoms with Crippen molar-refractivity contribution in [2.75, 3.05) is 11.4 Å². The molecular weight excluding hydrogens is 305 g/mol. The van der Waals surface area contributed by atoms with Gasteiger partial charge in [0.05, 0.1) is 10.7 Å². The molecule has 2 heterocycles. The van der Waals surface area contributed by atoms with Crippen LogP contribution in [0.25, 0.3) is 0 Å². The first-order chi connectivity index (χ1) is 9.06. The molecule has 0 bridgehead atoms. The van der Waals surface area contributed by atoms with Crippen LogP contribution in [0.1, 0.15) is 11.4 Å². The molecule has 0 radical (unpaired) electrons. The third-order valence-corrected chi connectivity index (χ3v) is 3.94. The molecule has 0 fully saturated rings. The minimum Gasteiger partial charge on any atom is -0.324 e. The minimum atomic E-state index is 0.523. The summed E-state index contributed by atoms with van der Waals surface area (Å²) in [7, 11) is 0. The highest BCUT2D eigenvalue weighted by atomic mass is 35.5. The monoisotopic (exact) mass is 313 g/mol. The van der Waals surface area contributed by atoms with Crippen molar-refractivity contribution in [1.82, 2.24) is 9.97 Å². The van der Waals surface area contributed by atoms with Gasteiger partial charge >= 0.3 is 0 Å². The van der Waals surface area contributed by atoms with E-state index in [9.17, 15) is 0 Å². The molecular formula is C13H10Cl3N3. The maximum absolute atomic E-state index is 6.25. The zero-order chi connectivity index (χ0) is 13.6. The predicted octanol–water partition coefficient (Wildman–Crippen LogP) is 4.44. The van der Waals surface area contributed by atoms with E-state index in [-0.39, 0.29) is 0 Å². The molecule has 1 aromatic carbocycles. The van der Waals surface area contributed by atoms with Gasteiger partial charge in [-0.05, 0) is 31.5 Å². The maximum Gasteiger partial charge on any atom is 0.141 e. The Labute approximate surface area is 126 Å². The van der Waals surface area contributed by atoms with Crippen LogP contribution in [0.3, 0.4) is 0 Å². The fraction of sp³-hybridized carbons (Fsp3) is 0.231. The molecule has 3 nitrogen and oxygen atoms in total. The highest BCUT2D eigenvalue weighted by molar-refractivity contribution is 6.36. The van der Waals surface area contributed by atoms with Crippen molar-refractivity contribution in [3.8, 4) is 0 Å². The van der Waals surface area contributed by atoms with Crippen molar-refractivity contribution in [2.45, 2.75) is 13.3 Å². The van der Waals surface area contributed by atoms with Gasteiger partial charge in [0, 0.05) is 17.1 Å². The molecule has 0 atom stereocenters. The number of benzene rings is 1. The maximum atomic E-state index is 6.25. The normalized spacial score (nSPS) is 13.8. The molecule has 3 rings (SSSR count). The lowest BCUT2D eigenvalue weighted by Crippen LogP contribution is -2.15. The second-order valence-electron chi connectivity index (χ2n) is 4.36. The van der Waals surface area contributed by atoms with E-state index >= 15 is 0 Å². The van der Waals surface area contributed by atoms with Gasteiger partial charge < -0.3 is 4.90 Å². The van der Waals surface area contributed by atoms with Crippen molar-refractivity contribution in [1.29, 1.82) is 0 Å². The summed E-state index contributed by atoms with van der Waals surface area (Å²) in [4.78, 5) is 10.7. The molecule has 1 aromatic heterocycles. The number of halogens is 3. The smallest absolute Gasteiger partial charge is 0.141 e. The van der Waals surface area contributed by atoms with Gasteiger partial charge in [0.2, 0.25) is 0 Å². The molecule has 6 heteroatoms. The van der Waals surface area contributed by atoms with E-state index in [2.05, 4.69) is 14.9 Å². The Bertz CT molecular complexity index is 658. The van der Waals surface area contributed by atoms with Gasteiger partial charge in [-0.2, -0.15) is 0 Å². The Kier molecular flexibility index (Phi) is 3.29. The van der Waals surface area contributed by atoms with Gasteiger partial charge in [-0.15, -0.1) is 0 Å². The lowest BCUT2D eigenvalue weighted by Gasteiger charge is -2.20. The summed E-state index contributed by atoms with van der Waals surface area (Å²) in [6.07, 6.45) is 0.813. The number of anilines is 2. The first-order valence-electron chi connectivity index (χ1n) is 5.82. The number of aromatic nitrogens is 2. The quantitative estimate of drug-likeness (QED) is 0.729. The first kappa shape index (κ1) is 13.0. The van der Waals surface area contributed by atoms with Crippen molar-refractivity contribution >= 4 is 46.3 Å². The van der Waals surface area contributed by atoms with Crippen LogP contribution < -0.4 is 4.90 Å². The second-order valence-corrected chi connectivity index (χ2v) is 5.56. The van der Waals surface area contributed by atoms with Crippen molar-refractivity contribution in [3.63, 3.8) is 0 Å². The van der Waals surface area contributed by atoms with Crippen LogP contribution in [0.2, 0.25) is 15.2 Å². The Morgan fingerprint density at radius 2 is 1.95 bits per heavy atom. The van der Waals surface area contributed by atoms with E-state index in [1.807, 2.05) is 19.1 Å². The Morgan fingerprint density at radius 3 is 2.68 bits per heavy atom. The van der Waals surface area contributed by atoms with E-state index < -0.39 is 0 Å². The molecule has 0 spiro atoms. The van der Waals surface area contributed by atoms with Gasteiger partial charge in [0.15, 0.2) is 0 Å². The minimum absolute atomic E-state index is 0.523. The SMILES string of the molecule is Cc1nc(Cl)c2c(n1)N(c1ccc(Cl)cc1Cl)CC2. The summed E-state index contributed by atoms with van der Waals surface area (Å²) in [5.41, 5.74) is 1.86. The van der Waals surface area contributed by atoms with Gasteiger partial charge in [-0.1, -0.05) is 34.8 Å². The zero-order valence-corrected chi connectivity index (χ0v) is 12.4. The summed E-state index contributed by atoms with van der Waals surface area (Å²) in [6.45, 7) is 2.61. The highest BCUT2D eigenvalue weighted by Gasteiger charge is 2.26. The highest BCUT2D eigenvalue weighted by Crippen LogP contribution is 2.39. The van der Waals surface area contributed by atoms with Gasteiger partial charge in [0.25, 0.3) is 0 Å². The molecule has 1 aliphatic rings. The van der Waals surface area contributed by atoms with E-state index in [1.54, 1.807) is 6.07 Å². The molecule has 0 unspecified atom stereocenters. The number of aryl methyl sites for hydroxylation is 1. The lowest BCUT2D eigenvalue weighted by atomic mass is 10.3. The molecule has 98 valence electrons. The van der Waals surface area contributed by atoms with Crippen LogP contribution in [0, 0.1) is 6.92 Å². The van der Waals surface area contributed by atoms with E-state index in [0.29, 0.717) is 21.0 Å². The second kappa shape index (κ2) is 4.82. The average Bonchev–Trinajstić information content (AvgIpc) is 2.73. The first-order valence-corrected chi connectivity index (χ1v) is 6.95. The van der Waals surface area contributed by atoms with E-state index in [0.717, 1.165) is 30.0 Å². The molecule has 0 saturated heterocycles. The van der Waals surface area contributed by atoms with Crippen LogP contribution in [0.5, 0.6) is 0 Å². The van der Waals surface area contributed by atoms with Gasteiger partial charge in [-0.25, -0.2) is 9.97 Å². The summed E-state index contributed by atoms with van der Waals surface area (Å²) in [6, 6.07) is 5.44. The van der Waals surface area contributed by atoms with Crippen LogP contribution in [0.15, 0.2) is 18.2 Å². The Morgan fingerprint density at radius 1 is 1.16 bits per heavy atom. The van der Waals surface area contributed by atoms with Crippen LogP contribution in [-0.4, -0.2) is 16.5 Å². The summed E-state index contributed by atoms with van der Waals surface area (Å²) >= 11 is 18.3. The fourth-order valence-corrected chi connectivity index (χ4v) is 3.06. The zero-order valence-electron chi connectivity index (χ0n) is 10.1. The molecule has 2 aromatic rings. The van der Waals surface area contributed by atoms with Crippen LogP contribution in [-0.2, 0) is 6.42 Å². The molecule has 0 amide bonds. The topological polar surface area (TPSA) is 29.0 Å². The van der Waals surface area contributed by atoms with Crippen molar-refractivity contribution in [3.05, 3.63) is 44.8 Å². The van der Waals surface area contributed by atoms with Gasteiger partial charge in [0.1, 0.15) is 16.8 Å². The summed E-state index contributed by atoms with van der Waals surface area (Å²) < 4.78 is 0. The van der Waals surface area contributed by atoms with Crippen molar-refractivity contribution < 1.29 is 0 Å². The number of hydrogen-bond acceptors (Lipinski definition) is 3. The Hall–Kier alpha value is -1.03. The van der Waals surface area contributed by atoms with E-state index in [1.165, 1.54) is 0 Å². The van der Waals surface area contributed by atoms with Crippen LogP contribution >= 0.6 is 34.8 Å². The van der Waals surface area contributed by atoms with Gasteiger partial charge in [-0.3, -0.25) is 0 Å². The summed E-state index contributed by atoms with van der Waals surface area (Å²) in [5, 5.41) is 1.74. The van der Waals surface area contributed by atoms with Crippen LogP contribution in [0.4, 0.5) is 11.5 Å². The largest absolute Gasteiger partial charge is 0.324 e. The average molecular weight is 315 g/mol. The molecule has 0 saturated carbocycles. The third-order valence-electron chi connectivity index (χ3n) is 3.09. The number of rotatable bonds is 1. The molecule has 1 aliphatic heterocycles. The van der Waals surface area contributed by atoms with E-state index in [4.69, 9.17) is 34.8 Å². The third kappa shape index (κ3) is 2.27. The van der Waals surface area contributed by atoms with Crippen molar-refractivity contribution in [2.24, 2.45) is 0 Å². The Balaban J connectivity index is 2.11. The standard InChI is InChI=1S/C13H10Cl3N3/c1-7-17-12(16)9-4-5-19(13(9)18-7)11-3-2-8(14)6-10(11)15/h2-3,6H,4-5H2,1H3.